The number of allylic oxidation sites excluding steroid dienone is 2. The Labute approximate surface area is 200 Å². The summed E-state index contributed by atoms with van der Waals surface area (Å²) in [7, 11) is 3.61. The van der Waals surface area contributed by atoms with Gasteiger partial charge in [0.25, 0.3) is 0 Å². The molecule has 35 heavy (non-hydrogen) atoms. The third-order valence-corrected chi connectivity index (χ3v) is 6.70. The molecule has 2 amide bonds. The minimum atomic E-state index is -1.26. The van der Waals surface area contributed by atoms with Crippen molar-refractivity contribution in [3.63, 3.8) is 0 Å². The van der Waals surface area contributed by atoms with Gasteiger partial charge >= 0.3 is 6.03 Å². The summed E-state index contributed by atoms with van der Waals surface area (Å²) in [5.74, 6) is -0.397. The van der Waals surface area contributed by atoms with Crippen LogP contribution in [0.25, 0.3) is 22.2 Å². The molecule has 7 nitrogen and oxygen atoms in total. The molecule has 0 bridgehead atoms. The van der Waals surface area contributed by atoms with Crippen molar-refractivity contribution in [3.8, 4) is 11.1 Å². The van der Waals surface area contributed by atoms with Crippen LogP contribution in [0.4, 0.5) is 29.5 Å². The van der Waals surface area contributed by atoms with E-state index in [9.17, 15) is 13.6 Å². The summed E-state index contributed by atoms with van der Waals surface area (Å²) < 4.78 is 45.1. The molecule has 0 spiro atoms. The number of aromatic nitrogens is 3. The number of amides is 2. The molecule has 1 N–H and O–H groups in total. The first-order valence-electron chi connectivity index (χ1n) is 11.3. The maximum absolute atomic E-state index is 15.5. The first-order valence-corrected chi connectivity index (χ1v) is 11.3. The Morgan fingerprint density at radius 1 is 1.20 bits per heavy atom. The fraction of sp³-hybridized carbons (Fsp3) is 0.320. The van der Waals surface area contributed by atoms with Gasteiger partial charge in [-0.25, -0.2) is 27.9 Å². The molecular weight excluding hydrogens is 457 g/mol. The van der Waals surface area contributed by atoms with E-state index in [4.69, 9.17) is 0 Å². The van der Waals surface area contributed by atoms with Gasteiger partial charge in [-0.2, -0.15) is 0 Å². The average Bonchev–Trinajstić information content (AvgIpc) is 3.33. The Balaban J connectivity index is 1.45. The van der Waals surface area contributed by atoms with Gasteiger partial charge in [0.05, 0.1) is 11.9 Å². The Bertz CT molecular complexity index is 1400. The van der Waals surface area contributed by atoms with E-state index in [0.717, 1.165) is 5.69 Å². The number of carbonyl (C=O) groups excluding carboxylic acids is 1. The zero-order valence-electron chi connectivity index (χ0n) is 19.6. The number of carbonyl (C=O) groups is 1. The van der Waals surface area contributed by atoms with Crippen molar-refractivity contribution in [2.45, 2.75) is 19.5 Å². The minimum Gasteiger partial charge on any atom is -0.372 e. The Hall–Kier alpha value is -3.82. The molecule has 0 radical (unpaired) electrons. The van der Waals surface area contributed by atoms with Gasteiger partial charge in [-0.1, -0.05) is 0 Å². The minimum absolute atomic E-state index is 0.000851. The summed E-state index contributed by atoms with van der Waals surface area (Å²) in [6, 6.07) is 4.29. The van der Waals surface area contributed by atoms with Crippen molar-refractivity contribution >= 4 is 28.6 Å². The van der Waals surface area contributed by atoms with Gasteiger partial charge in [-0.05, 0) is 37.3 Å². The third kappa shape index (κ3) is 3.82. The predicted molar refractivity (Wildman–Crippen MR) is 129 cm³/mol. The molecule has 1 aliphatic heterocycles. The zero-order chi connectivity index (χ0) is 24.9. The summed E-state index contributed by atoms with van der Waals surface area (Å²) in [5, 5.41) is 3.76. The van der Waals surface area contributed by atoms with E-state index in [1.807, 2.05) is 18.5 Å². The van der Waals surface area contributed by atoms with Crippen LogP contribution in [0.15, 0.2) is 48.1 Å². The molecule has 1 aliphatic carbocycles. The molecule has 1 atom stereocenters. The van der Waals surface area contributed by atoms with Crippen LogP contribution in [0.3, 0.4) is 0 Å². The fourth-order valence-electron chi connectivity index (χ4n) is 4.78. The molecule has 1 unspecified atom stereocenters. The van der Waals surface area contributed by atoms with Crippen molar-refractivity contribution in [3.05, 3.63) is 59.6 Å². The van der Waals surface area contributed by atoms with Crippen LogP contribution < -0.4 is 10.2 Å². The largest absolute Gasteiger partial charge is 0.372 e. The summed E-state index contributed by atoms with van der Waals surface area (Å²) in [6.45, 7) is 2.51. The molecule has 1 fully saturated rings. The zero-order valence-corrected chi connectivity index (χ0v) is 19.6. The number of fused-ring (bicyclic) bond motifs is 1. The van der Waals surface area contributed by atoms with Crippen LogP contribution in [0.5, 0.6) is 0 Å². The molecule has 10 heteroatoms. The number of nitrogens with zero attached hydrogens (tertiary/aromatic N) is 5. The van der Waals surface area contributed by atoms with Gasteiger partial charge in [0.15, 0.2) is 0 Å². The second-order valence-electron chi connectivity index (χ2n) is 8.71. The molecule has 2 aromatic heterocycles. The highest BCUT2D eigenvalue weighted by atomic mass is 19.1. The number of alkyl halides is 1. The lowest BCUT2D eigenvalue weighted by molar-refractivity contribution is 0.223. The van der Waals surface area contributed by atoms with Crippen molar-refractivity contribution in [1.82, 2.24) is 19.4 Å². The number of urea groups is 1. The van der Waals surface area contributed by atoms with E-state index in [-0.39, 0.29) is 24.6 Å². The summed E-state index contributed by atoms with van der Waals surface area (Å²) in [5.41, 5.74) is 3.13. The number of rotatable bonds is 5. The number of nitrogens with one attached hydrogen (secondary N) is 1. The first-order chi connectivity index (χ1) is 16.8. The van der Waals surface area contributed by atoms with Crippen LogP contribution in [-0.2, 0) is 7.05 Å². The molecule has 5 rings (SSSR count). The highest BCUT2D eigenvalue weighted by Gasteiger charge is 2.32. The second kappa shape index (κ2) is 8.75. The molecule has 2 aliphatic rings. The monoisotopic (exact) mass is 482 g/mol. The number of anilines is 2. The Morgan fingerprint density at radius 2 is 2.00 bits per heavy atom. The van der Waals surface area contributed by atoms with Gasteiger partial charge < -0.3 is 14.8 Å². The average molecular weight is 483 g/mol. The molecule has 1 aromatic carbocycles. The van der Waals surface area contributed by atoms with Crippen LogP contribution in [-0.4, -0.2) is 58.3 Å². The molecule has 1 saturated heterocycles. The van der Waals surface area contributed by atoms with E-state index in [1.54, 1.807) is 19.2 Å². The smallest absolute Gasteiger partial charge is 0.324 e. The van der Waals surface area contributed by atoms with E-state index in [2.05, 4.69) is 15.3 Å². The van der Waals surface area contributed by atoms with Gasteiger partial charge in [0.1, 0.15) is 35.6 Å². The number of benzene rings is 1. The van der Waals surface area contributed by atoms with E-state index < -0.39 is 17.8 Å². The Morgan fingerprint density at radius 3 is 2.74 bits per heavy atom. The van der Waals surface area contributed by atoms with Gasteiger partial charge in [-0.15, -0.1) is 0 Å². The topological polar surface area (TPSA) is 66.3 Å². The SMILES string of the molecule is CNc1ncnc2c1c(-c1ccc(N3CCN(CC4=CC(F)CC=C4F)C3=O)cc1F)c(C)n2C. The molecule has 0 saturated carbocycles. The maximum atomic E-state index is 15.5. The third-order valence-electron chi connectivity index (χ3n) is 6.70. The molecule has 182 valence electrons. The van der Waals surface area contributed by atoms with Gasteiger partial charge in [0.2, 0.25) is 0 Å². The standard InChI is InChI=1S/C25H25F3N6O/c1-14-21(22-23(29-2)30-13-31-24(22)32(14)3)18-6-5-17(11-20(18)28)34-9-8-33(25(34)35)12-15-10-16(26)4-7-19(15)27/h5-7,10-11,13,16H,4,8-9,12H2,1-3H3,(H,29,30,31). The number of halogens is 3. The molecule has 3 aromatic rings. The van der Waals surface area contributed by atoms with E-state index >= 15 is 4.39 Å². The van der Waals surface area contributed by atoms with Crippen molar-refractivity contribution in [2.75, 3.05) is 36.9 Å². The van der Waals surface area contributed by atoms with Crippen LogP contribution in [0, 0.1) is 12.7 Å². The fourth-order valence-corrected chi connectivity index (χ4v) is 4.78. The van der Waals surface area contributed by atoms with Crippen molar-refractivity contribution in [1.29, 1.82) is 0 Å². The lowest BCUT2D eigenvalue weighted by Crippen LogP contribution is -2.33. The summed E-state index contributed by atoms with van der Waals surface area (Å²) in [4.78, 5) is 24.5. The lowest BCUT2D eigenvalue weighted by Gasteiger charge is -2.21. The van der Waals surface area contributed by atoms with Gasteiger partial charge in [0, 0.05) is 61.7 Å². The summed E-state index contributed by atoms with van der Waals surface area (Å²) in [6.07, 6.45) is 2.62. The Kier molecular flexibility index (Phi) is 5.74. The van der Waals surface area contributed by atoms with Crippen LogP contribution in [0.1, 0.15) is 12.1 Å². The number of hydrogen-bond donors (Lipinski definition) is 1. The second-order valence-corrected chi connectivity index (χ2v) is 8.71. The van der Waals surface area contributed by atoms with E-state index in [1.165, 1.54) is 34.3 Å². The lowest BCUT2D eigenvalue weighted by atomic mass is 10.0. The maximum Gasteiger partial charge on any atom is 0.324 e. The van der Waals surface area contributed by atoms with E-state index in [0.29, 0.717) is 46.8 Å². The highest BCUT2D eigenvalue weighted by Crippen LogP contribution is 2.39. The molecular formula is C25H25F3N6O. The number of aryl methyl sites for hydroxylation is 1. The van der Waals surface area contributed by atoms with Crippen molar-refractivity contribution < 1.29 is 18.0 Å². The highest BCUT2D eigenvalue weighted by molar-refractivity contribution is 6.03. The first kappa shape index (κ1) is 22.9. The predicted octanol–water partition coefficient (Wildman–Crippen LogP) is 4.89. The quantitative estimate of drug-likeness (QED) is 0.563. The van der Waals surface area contributed by atoms with Crippen LogP contribution in [0.2, 0.25) is 0 Å². The van der Waals surface area contributed by atoms with Crippen LogP contribution >= 0.6 is 0 Å². The normalized spacial score (nSPS) is 18.3. The van der Waals surface area contributed by atoms with Gasteiger partial charge in [-0.3, -0.25) is 4.90 Å². The molecule has 3 heterocycles. The number of hydrogen-bond acceptors (Lipinski definition) is 4. The summed E-state index contributed by atoms with van der Waals surface area (Å²) >= 11 is 0. The van der Waals surface area contributed by atoms with Crippen molar-refractivity contribution in [2.24, 2.45) is 7.05 Å².